The Kier molecular flexibility index (Phi) is 14.3. The molecule has 0 aliphatic carbocycles. The third-order valence-corrected chi connectivity index (χ3v) is 1.97. The van der Waals surface area contributed by atoms with Crippen molar-refractivity contribution in [2.24, 2.45) is 0 Å². The number of hydrogen-bond donors (Lipinski definition) is 1. The fraction of sp³-hybridized carbons (Fsp3) is 0.429. The molecule has 0 aliphatic rings. The number of aliphatic hydroxyl groups is 1. The molecule has 0 spiro atoms. The first-order valence-corrected chi connectivity index (χ1v) is 5.80. The van der Waals surface area contributed by atoms with Crippen molar-refractivity contribution >= 4 is 5.69 Å². The van der Waals surface area contributed by atoms with Crippen LogP contribution in [0.15, 0.2) is 42.7 Å². The van der Waals surface area contributed by atoms with Crippen molar-refractivity contribution in [3.05, 3.63) is 48.0 Å². The van der Waals surface area contributed by atoms with Crippen LogP contribution in [0.5, 0.6) is 0 Å². The molecule has 97 valence electrons. The standard InChI is InChI=1S/C10H14N.C4H8O.Mn/c1-2-3-9-11-10-7-5-4-6-8-10;1-3-4(2)5;/h4-8H,2-3,9H2,1H3;5H,2-3H2,1H3;/q-1;;. The van der Waals surface area contributed by atoms with E-state index in [2.05, 4.69) is 18.8 Å². The van der Waals surface area contributed by atoms with Gasteiger partial charge < -0.3 is 10.4 Å². The van der Waals surface area contributed by atoms with Crippen molar-refractivity contribution < 1.29 is 22.2 Å². The summed E-state index contributed by atoms with van der Waals surface area (Å²) >= 11 is 0. The van der Waals surface area contributed by atoms with Crippen LogP contribution < -0.4 is 0 Å². The van der Waals surface area contributed by atoms with Crippen LogP contribution in [0, 0.1) is 0 Å². The smallest absolute Gasteiger partial charge is 0.0848 e. The summed E-state index contributed by atoms with van der Waals surface area (Å²) in [5, 5.41) is 12.6. The summed E-state index contributed by atoms with van der Waals surface area (Å²) in [4.78, 5) is 0. The number of unbranched alkanes of at least 4 members (excludes halogenated alkanes) is 1. The van der Waals surface area contributed by atoms with Crippen molar-refractivity contribution in [1.29, 1.82) is 0 Å². The zero-order valence-electron chi connectivity index (χ0n) is 10.7. The van der Waals surface area contributed by atoms with Gasteiger partial charge in [0, 0.05) is 23.5 Å². The molecule has 0 fully saturated rings. The van der Waals surface area contributed by atoms with Crippen LogP contribution in [0.4, 0.5) is 5.69 Å². The van der Waals surface area contributed by atoms with E-state index in [1.54, 1.807) is 0 Å². The minimum atomic E-state index is 0. The Morgan fingerprint density at radius 1 is 1.24 bits per heavy atom. The van der Waals surface area contributed by atoms with Crippen molar-refractivity contribution in [3.63, 3.8) is 0 Å². The SMILES string of the molecule is C=C(O)CC.CCCC[N-]c1ccccc1.[Mn]. The Labute approximate surface area is 116 Å². The Morgan fingerprint density at radius 3 is 2.18 bits per heavy atom. The molecular weight excluding hydrogens is 253 g/mol. The average molecular weight is 275 g/mol. The molecule has 1 N–H and O–H groups in total. The molecule has 0 unspecified atom stereocenters. The first-order chi connectivity index (χ1) is 7.70. The second-order valence-electron chi connectivity index (χ2n) is 3.49. The van der Waals surface area contributed by atoms with E-state index in [-0.39, 0.29) is 22.8 Å². The van der Waals surface area contributed by atoms with Crippen LogP contribution in [-0.2, 0) is 17.1 Å². The van der Waals surface area contributed by atoms with Gasteiger partial charge in [0.15, 0.2) is 0 Å². The summed E-state index contributed by atoms with van der Waals surface area (Å²) in [6, 6.07) is 10.1. The largest absolute Gasteiger partial charge is 0.684 e. The molecule has 0 atom stereocenters. The summed E-state index contributed by atoms with van der Waals surface area (Å²) in [5.41, 5.74) is 1.10. The van der Waals surface area contributed by atoms with Crippen molar-refractivity contribution in [2.75, 3.05) is 6.54 Å². The number of nitrogens with zero attached hydrogens (tertiary/aromatic N) is 1. The minimum Gasteiger partial charge on any atom is -0.684 e. The fourth-order valence-electron chi connectivity index (χ4n) is 0.900. The predicted octanol–water partition coefficient (Wildman–Crippen LogP) is 4.96. The molecule has 0 amide bonds. The van der Waals surface area contributed by atoms with Crippen LogP contribution in [-0.4, -0.2) is 11.7 Å². The molecule has 1 rings (SSSR count). The quantitative estimate of drug-likeness (QED) is 0.460. The third kappa shape index (κ3) is 13.0. The van der Waals surface area contributed by atoms with E-state index in [1.165, 1.54) is 12.8 Å². The van der Waals surface area contributed by atoms with E-state index in [0.717, 1.165) is 12.2 Å². The van der Waals surface area contributed by atoms with Crippen molar-refractivity contribution in [1.82, 2.24) is 0 Å². The second-order valence-corrected chi connectivity index (χ2v) is 3.49. The molecule has 0 saturated heterocycles. The number of hydrogen-bond acceptors (Lipinski definition) is 1. The van der Waals surface area contributed by atoms with Gasteiger partial charge >= 0.3 is 0 Å². The molecule has 1 radical (unpaired) electrons. The van der Waals surface area contributed by atoms with Gasteiger partial charge in [0.05, 0.1) is 5.76 Å². The molecule has 0 saturated carbocycles. The number of aliphatic hydroxyl groups excluding tert-OH is 1. The van der Waals surface area contributed by atoms with Gasteiger partial charge in [0.2, 0.25) is 0 Å². The van der Waals surface area contributed by atoms with Crippen molar-refractivity contribution in [3.8, 4) is 0 Å². The summed E-state index contributed by atoms with van der Waals surface area (Å²) < 4.78 is 0. The first-order valence-electron chi connectivity index (χ1n) is 5.80. The molecule has 0 aromatic heterocycles. The molecule has 0 heterocycles. The predicted molar refractivity (Wildman–Crippen MR) is 71.3 cm³/mol. The fourth-order valence-corrected chi connectivity index (χ4v) is 0.900. The summed E-state index contributed by atoms with van der Waals surface area (Å²) in [6.07, 6.45) is 3.07. The summed E-state index contributed by atoms with van der Waals surface area (Å²) in [6.45, 7) is 8.22. The molecule has 1 aromatic carbocycles. The number of allylic oxidation sites excluding steroid dienone is 1. The Bertz CT molecular complexity index is 275. The van der Waals surface area contributed by atoms with Gasteiger partial charge in [0.1, 0.15) is 0 Å². The Hall–Kier alpha value is -0.921. The maximum absolute atomic E-state index is 8.17. The van der Waals surface area contributed by atoms with E-state index in [9.17, 15) is 0 Å². The van der Waals surface area contributed by atoms with Crippen LogP contribution in [0.3, 0.4) is 0 Å². The van der Waals surface area contributed by atoms with E-state index in [0.29, 0.717) is 6.42 Å². The number of rotatable bonds is 5. The van der Waals surface area contributed by atoms with Gasteiger partial charge in [-0.25, -0.2) is 0 Å². The molecule has 3 heteroatoms. The maximum atomic E-state index is 8.17. The van der Waals surface area contributed by atoms with E-state index in [1.807, 2.05) is 37.3 Å². The van der Waals surface area contributed by atoms with Gasteiger partial charge in [-0.05, 0) is 0 Å². The van der Waals surface area contributed by atoms with E-state index in [4.69, 9.17) is 5.11 Å². The van der Waals surface area contributed by atoms with Crippen LogP contribution in [0.25, 0.3) is 5.32 Å². The maximum Gasteiger partial charge on any atom is 0.0848 e. The van der Waals surface area contributed by atoms with E-state index < -0.39 is 0 Å². The topological polar surface area (TPSA) is 34.3 Å². The minimum absolute atomic E-state index is 0. The Balaban J connectivity index is 0. The van der Waals surface area contributed by atoms with Gasteiger partial charge in [-0.3, -0.25) is 0 Å². The van der Waals surface area contributed by atoms with Crippen LogP contribution in [0.1, 0.15) is 33.1 Å². The summed E-state index contributed by atoms with van der Waals surface area (Å²) in [7, 11) is 0. The first kappa shape index (κ1) is 18.4. The molecular formula is C14H22MnNO-. The molecule has 0 bridgehead atoms. The zero-order chi connectivity index (χ0) is 12.2. The monoisotopic (exact) mass is 275 g/mol. The van der Waals surface area contributed by atoms with Gasteiger partial charge in [-0.2, -0.15) is 0 Å². The Morgan fingerprint density at radius 2 is 1.76 bits per heavy atom. The second kappa shape index (κ2) is 13.1. The van der Waals surface area contributed by atoms with Gasteiger partial charge in [0.25, 0.3) is 0 Å². The normalized spacial score (nSPS) is 8.35. The molecule has 17 heavy (non-hydrogen) atoms. The van der Waals surface area contributed by atoms with Crippen LogP contribution >= 0.6 is 0 Å². The third-order valence-electron chi connectivity index (χ3n) is 1.97. The van der Waals surface area contributed by atoms with Crippen LogP contribution in [0.2, 0.25) is 0 Å². The molecule has 2 nitrogen and oxygen atoms in total. The number of para-hydroxylation sites is 1. The van der Waals surface area contributed by atoms with Crippen molar-refractivity contribution in [2.45, 2.75) is 33.1 Å². The van der Waals surface area contributed by atoms with Gasteiger partial charge in [-0.15, -0.1) is 12.2 Å². The zero-order valence-corrected chi connectivity index (χ0v) is 11.9. The molecule has 1 aromatic rings. The summed E-state index contributed by atoms with van der Waals surface area (Å²) in [5.74, 6) is 0.255. The molecule has 0 aliphatic heterocycles. The van der Waals surface area contributed by atoms with E-state index >= 15 is 0 Å². The number of benzene rings is 1. The van der Waals surface area contributed by atoms with Gasteiger partial charge in [-0.1, -0.05) is 63.6 Å². The average Bonchev–Trinajstić information content (AvgIpc) is 2.31.